The summed E-state index contributed by atoms with van der Waals surface area (Å²) in [6.45, 7) is 7.15. The van der Waals surface area contributed by atoms with Crippen LogP contribution in [0.1, 0.15) is 38.7 Å². The topological polar surface area (TPSA) is 70.1 Å². The summed E-state index contributed by atoms with van der Waals surface area (Å²) in [5, 5.41) is 6.49. The Kier molecular flexibility index (Phi) is 5.78. The molecule has 0 radical (unpaired) electrons. The Bertz CT molecular complexity index is 471. The first-order chi connectivity index (χ1) is 10.3. The van der Waals surface area contributed by atoms with Crippen LogP contribution in [0.5, 0.6) is 0 Å². The Labute approximate surface area is 126 Å². The average molecular weight is 291 g/mol. The molecule has 6 heteroatoms. The van der Waals surface area contributed by atoms with Crippen molar-refractivity contribution in [1.29, 1.82) is 0 Å². The summed E-state index contributed by atoms with van der Waals surface area (Å²) in [4.78, 5) is 22.6. The van der Waals surface area contributed by atoms with Crippen LogP contribution in [0.25, 0.3) is 0 Å². The predicted molar refractivity (Wildman–Crippen MR) is 84.5 cm³/mol. The minimum Gasteiger partial charge on any atom is -0.370 e. The molecule has 2 N–H and O–H groups in total. The van der Waals surface area contributed by atoms with Gasteiger partial charge in [-0.1, -0.05) is 13.8 Å². The lowest BCUT2D eigenvalue weighted by Crippen LogP contribution is -2.33. The molecule has 1 aliphatic heterocycles. The van der Waals surface area contributed by atoms with Gasteiger partial charge in [0.2, 0.25) is 5.91 Å². The van der Waals surface area contributed by atoms with Crippen LogP contribution in [0.2, 0.25) is 0 Å². The molecule has 1 aromatic rings. The number of aromatic nitrogens is 2. The van der Waals surface area contributed by atoms with E-state index in [1.165, 1.54) is 0 Å². The van der Waals surface area contributed by atoms with Gasteiger partial charge in [-0.05, 0) is 25.7 Å². The quantitative estimate of drug-likeness (QED) is 0.803. The highest BCUT2D eigenvalue weighted by atomic mass is 16.2. The minimum absolute atomic E-state index is 0.149. The first-order valence-corrected chi connectivity index (χ1v) is 7.85. The van der Waals surface area contributed by atoms with Gasteiger partial charge in [-0.3, -0.25) is 4.79 Å². The molecule has 21 heavy (non-hydrogen) atoms. The number of nitrogens with one attached hydrogen (secondary N) is 2. The highest BCUT2D eigenvalue weighted by molar-refractivity contribution is 5.81. The number of hydrogen-bond acceptors (Lipinski definition) is 5. The fourth-order valence-electron chi connectivity index (χ4n) is 2.53. The highest BCUT2D eigenvalue weighted by Crippen LogP contribution is 2.20. The van der Waals surface area contributed by atoms with Gasteiger partial charge in [0.05, 0.1) is 6.54 Å². The molecule has 0 aromatic carbocycles. The van der Waals surface area contributed by atoms with E-state index in [0.29, 0.717) is 6.54 Å². The number of nitrogens with zero attached hydrogens (tertiary/aromatic N) is 3. The van der Waals surface area contributed by atoms with E-state index in [2.05, 4.69) is 34.4 Å². The molecular formula is C15H25N5O. The lowest BCUT2D eigenvalue weighted by Gasteiger charge is -2.17. The van der Waals surface area contributed by atoms with E-state index >= 15 is 0 Å². The molecule has 0 spiro atoms. The second-order valence-corrected chi connectivity index (χ2v) is 5.27. The molecule has 1 fully saturated rings. The van der Waals surface area contributed by atoms with Crippen molar-refractivity contribution in [3.8, 4) is 0 Å². The number of likely N-dealkylation sites (tertiary alicyclic amines) is 1. The highest BCUT2D eigenvalue weighted by Gasteiger charge is 2.18. The molecule has 0 saturated carbocycles. The van der Waals surface area contributed by atoms with E-state index in [-0.39, 0.29) is 5.91 Å². The van der Waals surface area contributed by atoms with Crippen LogP contribution in [-0.2, 0) is 11.2 Å². The summed E-state index contributed by atoms with van der Waals surface area (Å²) < 4.78 is 0. The van der Waals surface area contributed by atoms with Crippen LogP contribution < -0.4 is 10.6 Å². The maximum atomic E-state index is 12.1. The average Bonchev–Trinajstić information content (AvgIpc) is 3.04. The second kappa shape index (κ2) is 7.81. The third kappa shape index (κ3) is 4.06. The lowest BCUT2D eigenvalue weighted by atomic mass is 10.2. The van der Waals surface area contributed by atoms with Crippen molar-refractivity contribution in [2.45, 2.75) is 39.5 Å². The molecule has 1 aromatic heterocycles. The van der Waals surface area contributed by atoms with Crippen molar-refractivity contribution in [3.05, 3.63) is 11.9 Å². The molecule has 0 aliphatic carbocycles. The van der Waals surface area contributed by atoms with E-state index in [9.17, 15) is 4.79 Å². The largest absolute Gasteiger partial charge is 0.370 e. The van der Waals surface area contributed by atoms with Gasteiger partial charge in [0.15, 0.2) is 0 Å². The van der Waals surface area contributed by atoms with Gasteiger partial charge in [-0.25, -0.2) is 9.97 Å². The summed E-state index contributed by atoms with van der Waals surface area (Å²) in [7, 11) is 0. The van der Waals surface area contributed by atoms with Gasteiger partial charge in [0, 0.05) is 25.2 Å². The molecule has 2 rings (SSSR count). The third-order valence-corrected chi connectivity index (χ3v) is 3.71. The summed E-state index contributed by atoms with van der Waals surface area (Å²) in [5.74, 6) is 1.78. The number of rotatable bonds is 7. The van der Waals surface area contributed by atoms with Gasteiger partial charge in [0.1, 0.15) is 18.0 Å². The van der Waals surface area contributed by atoms with E-state index in [1.807, 2.05) is 4.90 Å². The maximum Gasteiger partial charge on any atom is 0.241 e. The van der Waals surface area contributed by atoms with Gasteiger partial charge in [0.25, 0.3) is 0 Å². The third-order valence-electron chi connectivity index (χ3n) is 3.71. The standard InChI is InChI=1S/C15H25N5O/c1-3-7-16-14-12(4-2)15(19-11-18-14)17-10-13(21)20-8-5-6-9-20/h11H,3-10H2,1-2H3,(H2,16,17,18,19). The molecular weight excluding hydrogens is 266 g/mol. The zero-order chi connectivity index (χ0) is 15.1. The molecule has 0 unspecified atom stereocenters. The van der Waals surface area contributed by atoms with Gasteiger partial charge < -0.3 is 15.5 Å². The zero-order valence-corrected chi connectivity index (χ0v) is 13.0. The smallest absolute Gasteiger partial charge is 0.241 e. The Morgan fingerprint density at radius 2 is 1.86 bits per heavy atom. The Balaban J connectivity index is 1.99. The Morgan fingerprint density at radius 1 is 1.19 bits per heavy atom. The van der Waals surface area contributed by atoms with E-state index in [0.717, 1.165) is 62.5 Å². The molecule has 2 heterocycles. The molecule has 1 saturated heterocycles. The summed E-state index contributed by atoms with van der Waals surface area (Å²) in [5.41, 5.74) is 1.04. The first kappa shape index (κ1) is 15.5. The minimum atomic E-state index is 0.149. The number of amides is 1. The van der Waals surface area contributed by atoms with Crippen LogP contribution >= 0.6 is 0 Å². The molecule has 1 aliphatic rings. The molecule has 0 atom stereocenters. The number of hydrogen-bond donors (Lipinski definition) is 2. The van der Waals surface area contributed by atoms with Crippen molar-refractivity contribution in [2.24, 2.45) is 0 Å². The Morgan fingerprint density at radius 3 is 2.48 bits per heavy atom. The molecule has 1 amide bonds. The van der Waals surface area contributed by atoms with Crippen molar-refractivity contribution in [2.75, 3.05) is 36.8 Å². The number of anilines is 2. The van der Waals surface area contributed by atoms with Gasteiger partial charge in [-0.15, -0.1) is 0 Å². The number of carbonyl (C=O) groups excluding carboxylic acids is 1. The predicted octanol–water partition coefficient (Wildman–Crippen LogP) is 1.90. The van der Waals surface area contributed by atoms with Crippen LogP contribution in [0.3, 0.4) is 0 Å². The van der Waals surface area contributed by atoms with Crippen molar-refractivity contribution < 1.29 is 4.79 Å². The van der Waals surface area contributed by atoms with E-state index < -0.39 is 0 Å². The van der Waals surface area contributed by atoms with Crippen molar-refractivity contribution >= 4 is 17.5 Å². The monoisotopic (exact) mass is 291 g/mol. The normalized spacial score (nSPS) is 14.3. The number of carbonyl (C=O) groups is 1. The molecule has 6 nitrogen and oxygen atoms in total. The summed E-state index contributed by atoms with van der Waals surface area (Å²) >= 11 is 0. The maximum absolute atomic E-state index is 12.1. The lowest BCUT2D eigenvalue weighted by molar-refractivity contribution is -0.128. The van der Waals surface area contributed by atoms with Crippen LogP contribution in [0.15, 0.2) is 6.33 Å². The van der Waals surface area contributed by atoms with E-state index in [4.69, 9.17) is 0 Å². The first-order valence-electron chi connectivity index (χ1n) is 7.85. The Hall–Kier alpha value is -1.85. The van der Waals surface area contributed by atoms with Crippen molar-refractivity contribution in [1.82, 2.24) is 14.9 Å². The zero-order valence-electron chi connectivity index (χ0n) is 13.0. The van der Waals surface area contributed by atoms with Crippen LogP contribution in [-0.4, -0.2) is 47.0 Å². The van der Waals surface area contributed by atoms with Crippen LogP contribution in [0, 0.1) is 0 Å². The fourth-order valence-corrected chi connectivity index (χ4v) is 2.53. The van der Waals surface area contributed by atoms with Gasteiger partial charge in [-0.2, -0.15) is 0 Å². The van der Waals surface area contributed by atoms with Crippen LogP contribution in [0.4, 0.5) is 11.6 Å². The van der Waals surface area contributed by atoms with Crippen molar-refractivity contribution in [3.63, 3.8) is 0 Å². The molecule has 0 bridgehead atoms. The molecule has 116 valence electrons. The summed E-state index contributed by atoms with van der Waals surface area (Å²) in [6, 6.07) is 0. The van der Waals surface area contributed by atoms with Gasteiger partial charge >= 0.3 is 0 Å². The van der Waals surface area contributed by atoms with E-state index in [1.54, 1.807) is 6.33 Å². The second-order valence-electron chi connectivity index (χ2n) is 5.27. The fraction of sp³-hybridized carbons (Fsp3) is 0.667. The summed E-state index contributed by atoms with van der Waals surface area (Å²) in [6.07, 6.45) is 5.64. The SMILES string of the molecule is CCCNc1ncnc(NCC(=O)N2CCCC2)c1CC.